The van der Waals surface area contributed by atoms with Gasteiger partial charge in [0.25, 0.3) is 5.69 Å². The zero-order chi connectivity index (χ0) is 24.1. The SMILES string of the molecule is COc1ccc([N+](=O)[O-])cc1N(CC(=O)NCC1(c2ccccc2)CCOCC1)S(C)(=O)=O. The lowest BCUT2D eigenvalue weighted by atomic mass is 9.74. The normalized spacial score (nSPS) is 15.5. The maximum absolute atomic E-state index is 12.9. The van der Waals surface area contributed by atoms with E-state index < -0.39 is 27.4 Å². The number of carbonyl (C=O) groups is 1. The van der Waals surface area contributed by atoms with Crippen LogP contribution in [-0.2, 0) is 25.0 Å². The van der Waals surface area contributed by atoms with Crippen LogP contribution in [0.15, 0.2) is 48.5 Å². The minimum Gasteiger partial charge on any atom is -0.495 e. The molecule has 0 radical (unpaired) electrons. The lowest BCUT2D eigenvalue weighted by Gasteiger charge is -2.38. The maximum atomic E-state index is 12.9. The molecule has 2 aromatic carbocycles. The largest absolute Gasteiger partial charge is 0.495 e. The zero-order valence-electron chi connectivity index (χ0n) is 18.5. The number of amides is 1. The molecule has 0 spiro atoms. The van der Waals surface area contributed by atoms with E-state index in [1.807, 2.05) is 30.3 Å². The number of non-ortho nitro benzene ring substituents is 1. The maximum Gasteiger partial charge on any atom is 0.271 e. The van der Waals surface area contributed by atoms with Crippen LogP contribution in [0.5, 0.6) is 5.75 Å². The molecule has 10 nitrogen and oxygen atoms in total. The van der Waals surface area contributed by atoms with Crippen molar-refractivity contribution in [3.63, 3.8) is 0 Å². The molecule has 3 rings (SSSR count). The fraction of sp³-hybridized carbons (Fsp3) is 0.409. The van der Waals surface area contributed by atoms with Crippen LogP contribution in [0.4, 0.5) is 11.4 Å². The summed E-state index contributed by atoms with van der Waals surface area (Å²) >= 11 is 0. The van der Waals surface area contributed by atoms with Gasteiger partial charge in [-0.2, -0.15) is 0 Å². The molecular weight excluding hydrogens is 450 g/mol. The Kier molecular flexibility index (Phi) is 7.54. The van der Waals surface area contributed by atoms with Gasteiger partial charge in [0.2, 0.25) is 15.9 Å². The van der Waals surface area contributed by atoms with Crippen LogP contribution in [0.25, 0.3) is 0 Å². The van der Waals surface area contributed by atoms with Crippen molar-refractivity contribution < 1.29 is 27.6 Å². The third kappa shape index (κ3) is 5.79. The quantitative estimate of drug-likeness (QED) is 0.433. The number of ether oxygens (including phenoxy) is 2. The van der Waals surface area contributed by atoms with Crippen molar-refractivity contribution in [3.05, 3.63) is 64.2 Å². The van der Waals surface area contributed by atoms with E-state index in [0.717, 1.165) is 22.2 Å². The van der Waals surface area contributed by atoms with E-state index in [1.54, 1.807) is 0 Å². The molecule has 1 aliphatic heterocycles. The molecule has 11 heteroatoms. The van der Waals surface area contributed by atoms with Gasteiger partial charge in [-0.25, -0.2) is 8.42 Å². The van der Waals surface area contributed by atoms with Crippen LogP contribution in [0, 0.1) is 10.1 Å². The smallest absolute Gasteiger partial charge is 0.271 e. The van der Waals surface area contributed by atoms with Crippen LogP contribution < -0.4 is 14.4 Å². The number of sulfonamides is 1. The van der Waals surface area contributed by atoms with Crippen molar-refractivity contribution in [2.75, 3.05) is 44.0 Å². The standard InChI is InChI=1S/C22H27N3O7S/c1-31-20-9-8-18(25(27)28)14-19(20)24(33(2,29)30)15-21(26)23-16-22(10-12-32-13-11-22)17-6-4-3-5-7-17/h3-9,14H,10-13,15-16H2,1-2H3,(H,23,26). The first-order chi connectivity index (χ1) is 15.7. The van der Waals surface area contributed by atoms with E-state index in [9.17, 15) is 23.3 Å². The van der Waals surface area contributed by atoms with E-state index in [0.29, 0.717) is 32.6 Å². The molecule has 33 heavy (non-hydrogen) atoms. The summed E-state index contributed by atoms with van der Waals surface area (Å²) < 4.78 is 36.5. The highest BCUT2D eigenvalue weighted by atomic mass is 32.2. The summed E-state index contributed by atoms with van der Waals surface area (Å²) in [7, 11) is -2.63. The van der Waals surface area contributed by atoms with Crippen LogP contribution in [0.1, 0.15) is 18.4 Å². The van der Waals surface area contributed by atoms with Crippen molar-refractivity contribution in [1.29, 1.82) is 0 Å². The molecule has 178 valence electrons. The number of methoxy groups -OCH3 is 1. The van der Waals surface area contributed by atoms with Gasteiger partial charge in [0.15, 0.2) is 0 Å². The Morgan fingerprint density at radius 2 is 1.88 bits per heavy atom. The number of hydrogen-bond acceptors (Lipinski definition) is 7. The second-order valence-corrected chi connectivity index (χ2v) is 9.83. The minimum atomic E-state index is -3.95. The number of anilines is 1. The topological polar surface area (TPSA) is 128 Å². The Bertz CT molecular complexity index is 1100. The van der Waals surface area contributed by atoms with Crippen molar-refractivity contribution in [2.24, 2.45) is 0 Å². The predicted octanol–water partition coefficient (Wildman–Crippen LogP) is 2.23. The van der Waals surface area contributed by atoms with Crippen molar-refractivity contribution >= 4 is 27.3 Å². The van der Waals surface area contributed by atoms with Crippen molar-refractivity contribution in [1.82, 2.24) is 5.32 Å². The average Bonchev–Trinajstić information content (AvgIpc) is 2.81. The van der Waals surface area contributed by atoms with Crippen LogP contribution in [0.3, 0.4) is 0 Å². The number of nitrogens with one attached hydrogen (secondary N) is 1. The Morgan fingerprint density at radius 3 is 2.45 bits per heavy atom. The fourth-order valence-corrected chi connectivity index (χ4v) is 4.80. The van der Waals surface area contributed by atoms with Gasteiger partial charge in [-0.3, -0.25) is 19.2 Å². The van der Waals surface area contributed by atoms with Gasteiger partial charge in [-0.05, 0) is 24.5 Å². The number of nitro benzene ring substituents is 1. The second kappa shape index (κ2) is 10.2. The summed E-state index contributed by atoms with van der Waals surface area (Å²) in [6.07, 6.45) is 2.36. The molecule has 1 fully saturated rings. The lowest BCUT2D eigenvalue weighted by Crippen LogP contribution is -2.47. The first kappa shape index (κ1) is 24.5. The molecule has 1 amide bonds. The highest BCUT2D eigenvalue weighted by molar-refractivity contribution is 7.92. The van der Waals surface area contributed by atoms with E-state index in [1.165, 1.54) is 19.2 Å². The predicted molar refractivity (Wildman–Crippen MR) is 123 cm³/mol. The number of carbonyl (C=O) groups excluding carboxylic acids is 1. The molecule has 1 aliphatic rings. The first-order valence-electron chi connectivity index (χ1n) is 10.4. The minimum absolute atomic E-state index is 0.0758. The monoisotopic (exact) mass is 477 g/mol. The Balaban J connectivity index is 1.83. The third-order valence-electron chi connectivity index (χ3n) is 5.79. The van der Waals surface area contributed by atoms with Gasteiger partial charge >= 0.3 is 0 Å². The molecule has 0 aromatic heterocycles. The molecule has 2 aromatic rings. The van der Waals surface area contributed by atoms with E-state index >= 15 is 0 Å². The first-order valence-corrected chi connectivity index (χ1v) is 12.2. The van der Waals surface area contributed by atoms with Crippen LogP contribution in [0.2, 0.25) is 0 Å². The number of nitro groups is 1. The molecule has 1 N–H and O–H groups in total. The number of benzene rings is 2. The summed E-state index contributed by atoms with van der Waals surface area (Å²) in [4.78, 5) is 23.4. The number of nitrogens with zero attached hydrogens (tertiary/aromatic N) is 2. The summed E-state index contributed by atoms with van der Waals surface area (Å²) in [5.74, 6) is -0.431. The molecule has 0 aliphatic carbocycles. The van der Waals surface area contributed by atoms with Crippen LogP contribution >= 0.6 is 0 Å². The molecule has 1 heterocycles. The lowest BCUT2D eigenvalue weighted by molar-refractivity contribution is -0.384. The Hall–Kier alpha value is -3.18. The second-order valence-electron chi connectivity index (χ2n) is 7.92. The van der Waals surface area contributed by atoms with Gasteiger partial charge in [-0.15, -0.1) is 0 Å². The molecule has 0 saturated carbocycles. The van der Waals surface area contributed by atoms with Gasteiger partial charge < -0.3 is 14.8 Å². The molecule has 0 bridgehead atoms. The summed E-state index contributed by atoms with van der Waals surface area (Å²) in [5, 5.41) is 14.1. The highest BCUT2D eigenvalue weighted by Gasteiger charge is 2.35. The molecule has 0 unspecified atom stereocenters. The summed E-state index contributed by atoms with van der Waals surface area (Å²) in [5.41, 5.74) is 0.362. The van der Waals surface area contributed by atoms with Gasteiger partial charge in [-0.1, -0.05) is 30.3 Å². The van der Waals surface area contributed by atoms with Gasteiger partial charge in [0.05, 0.1) is 18.3 Å². The van der Waals surface area contributed by atoms with Crippen LogP contribution in [-0.4, -0.2) is 58.9 Å². The molecule has 1 saturated heterocycles. The van der Waals surface area contributed by atoms with E-state index in [2.05, 4.69) is 5.32 Å². The Morgan fingerprint density at radius 1 is 1.21 bits per heavy atom. The molecular formula is C22H27N3O7S. The third-order valence-corrected chi connectivity index (χ3v) is 6.92. The summed E-state index contributed by atoms with van der Waals surface area (Å²) in [6.45, 7) is 0.886. The van der Waals surface area contributed by atoms with Gasteiger partial charge in [0.1, 0.15) is 18.0 Å². The highest BCUT2D eigenvalue weighted by Crippen LogP contribution is 2.35. The summed E-state index contributed by atoms with van der Waals surface area (Å²) in [6, 6.07) is 13.4. The number of hydrogen-bond donors (Lipinski definition) is 1. The van der Waals surface area contributed by atoms with Crippen molar-refractivity contribution in [2.45, 2.75) is 18.3 Å². The van der Waals surface area contributed by atoms with E-state index in [4.69, 9.17) is 9.47 Å². The van der Waals surface area contributed by atoms with Crippen molar-refractivity contribution in [3.8, 4) is 5.75 Å². The van der Waals surface area contributed by atoms with Gasteiger partial charge in [0, 0.05) is 37.3 Å². The molecule has 0 atom stereocenters. The van der Waals surface area contributed by atoms with E-state index in [-0.39, 0.29) is 22.5 Å². The number of rotatable bonds is 9. The zero-order valence-corrected chi connectivity index (χ0v) is 19.3. The Labute approximate surface area is 192 Å². The average molecular weight is 478 g/mol. The fourth-order valence-electron chi connectivity index (χ4n) is 3.94.